The summed E-state index contributed by atoms with van der Waals surface area (Å²) in [5, 5.41) is 0. The van der Waals surface area contributed by atoms with Gasteiger partial charge in [0, 0.05) is 19.2 Å². The van der Waals surface area contributed by atoms with Gasteiger partial charge in [-0.2, -0.15) is 0 Å². The molecule has 0 amide bonds. The normalized spacial score (nSPS) is 13.2. The highest BCUT2D eigenvalue weighted by Gasteiger charge is 2.22. The van der Waals surface area contributed by atoms with E-state index in [0.29, 0.717) is 0 Å². The lowest BCUT2D eigenvalue weighted by molar-refractivity contribution is 0.394. The Labute approximate surface area is 126 Å². The molecule has 0 fully saturated rings. The second-order valence-corrected chi connectivity index (χ2v) is 5.60. The van der Waals surface area contributed by atoms with E-state index in [1.54, 1.807) is 14.2 Å². The van der Waals surface area contributed by atoms with Gasteiger partial charge in [0.25, 0.3) is 0 Å². The fourth-order valence-electron chi connectivity index (χ4n) is 2.91. The third-order valence-corrected chi connectivity index (χ3v) is 4.27. The molecule has 0 atom stereocenters. The molecule has 0 unspecified atom stereocenters. The van der Waals surface area contributed by atoms with Crippen molar-refractivity contribution in [1.29, 1.82) is 0 Å². The summed E-state index contributed by atoms with van der Waals surface area (Å²) in [7, 11) is 3.38. The number of aryl methyl sites for hydroxylation is 2. The van der Waals surface area contributed by atoms with Crippen LogP contribution in [0.4, 0.5) is 5.69 Å². The first-order valence-corrected chi connectivity index (χ1v) is 7.18. The van der Waals surface area contributed by atoms with Crippen LogP contribution in [-0.4, -0.2) is 14.2 Å². The lowest BCUT2D eigenvalue weighted by Gasteiger charge is -2.21. The van der Waals surface area contributed by atoms with Crippen molar-refractivity contribution >= 4 is 5.69 Å². The van der Waals surface area contributed by atoms with Crippen molar-refractivity contribution in [3.63, 3.8) is 0 Å². The summed E-state index contributed by atoms with van der Waals surface area (Å²) in [6, 6.07) is 10.6. The fraction of sp³-hybridized carbons (Fsp3) is 0.333. The second kappa shape index (κ2) is 5.32. The average molecular weight is 283 g/mol. The molecule has 2 aromatic carbocycles. The van der Waals surface area contributed by atoms with Crippen molar-refractivity contribution < 1.29 is 9.47 Å². The van der Waals surface area contributed by atoms with E-state index in [0.717, 1.165) is 30.3 Å². The molecule has 2 aromatic rings. The molecule has 1 aliphatic rings. The molecule has 1 aliphatic heterocycles. The highest BCUT2D eigenvalue weighted by atomic mass is 16.5. The van der Waals surface area contributed by atoms with Crippen molar-refractivity contribution in [2.24, 2.45) is 0 Å². The predicted octanol–water partition coefficient (Wildman–Crippen LogP) is 3.84. The molecule has 0 aromatic heterocycles. The number of methoxy groups -OCH3 is 2. The summed E-state index contributed by atoms with van der Waals surface area (Å²) in [6.07, 6.45) is 0. The van der Waals surface area contributed by atoms with E-state index in [4.69, 9.17) is 9.47 Å². The second-order valence-electron chi connectivity index (χ2n) is 5.60. The zero-order chi connectivity index (χ0) is 15.0. The van der Waals surface area contributed by atoms with Crippen LogP contribution in [0.15, 0.2) is 30.3 Å². The summed E-state index contributed by atoms with van der Waals surface area (Å²) in [4.78, 5) is 2.35. The largest absolute Gasteiger partial charge is 0.497 e. The third kappa shape index (κ3) is 2.44. The first-order chi connectivity index (χ1) is 10.1. The van der Waals surface area contributed by atoms with Crippen LogP contribution in [-0.2, 0) is 13.1 Å². The van der Waals surface area contributed by atoms with Crippen LogP contribution in [0.2, 0.25) is 0 Å². The predicted molar refractivity (Wildman–Crippen MR) is 85.3 cm³/mol. The number of nitrogens with zero attached hydrogens (tertiary/aromatic N) is 1. The zero-order valence-electron chi connectivity index (χ0n) is 13.1. The Morgan fingerprint density at radius 2 is 1.48 bits per heavy atom. The molecule has 110 valence electrons. The van der Waals surface area contributed by atoms with Gasteiger partial charge in [0.15, 0.2) is 0 Å². The Morgan fingerprint density at radius 3 is 2.00 bits per heavy atom. The maximum atomic E-state index is 5.52. The summed E-state index contributed by atoms with van der Waals surface area (Å²) >= 11 is 0. The maximum absolute atomic E-state index is 5.52. The topological polar surface area (TPSA) is 21.7 Å². The molecule has 0 N–H and O–H groups in total. The molecular formula is C18H21NO2. The summed E-state index contributed by atoms with van der Waals surface area (Å²) < 4.78 is 10.8. The first-order valence-electron chi connectivity index (χ1n) is 7.18. The van der Waals surface area contributed by atoms with Gasteiger partial charge in [0.2, 0.25) is 0 Å². The quantitative estimate of drug-likeness (QED) is 0.854. The van der Waals surface area contributed by atoms with Gasteiger partial charge in [0.1, 0.15) is 11.5 Å². The van der Waals surface area contributed by atoms with Crippen LogP contribution >= 0.6 is 0 Å². The van der Waals surface area contributed by atoms with E-state index in [2.05, 4.69) is 36.9 Å². The van der Waals surface area contributed by atoms with Crippen LogP contribution in [0, 0.1) is 13.8 Å². The van der Waals surface area contributed by atoms with Crippen molar-refractivity contribution in [3.05, 3.63) is 52.6 Å². The minimum Gasteiger partial charge on any atom is -0.497 e. The van der Waals surface area contributed by atoms with E-state index in [-0.39, 0.29) is 0 Å². The van der Waals surface area contributed by atoms with E-state index in [1.165, 1.54) is 22.3 Å². The van der Waals surface area contributed by atoms with E-state index >= 15 is 0 Å². The average Bonchev–Trinajstić information content (AvgIpc) is 2.89. The minimum absolute atomic E-state index is 0.819. The number of benzene rings is 2. The standard InChI is InChI=1S/C18H21NO2/c1-12-7-14-10-19(11-15(14)8-13(12)2)17-6-5-16(20-3)9-18(17)21-4/h5-9H,10-11H2,1-4H3. The van der Waals surface area contributed by atoms with E-state index < -0.39 is 0 Å². The highest BCUT2D eigenvalue weighted by Crippen LogP contribution is 2.37. The maximum Gasteiger partial charge on any atom is 0.145 e. The van der Waals surface area contributed by atoms with Crippen molar-refractivity contribution in [1.82, 2.24) is 0 Å². The Balaban J connectivity index is 1.94. The number of anilines is 1. The molecule has 0 aliphatic carbocycles. The van der Waals surface area contributed by atoms with Crippen molar-refractivity contribution in [2.75, 3.05) is 19.1 Å². The molecule has 0 spiro atoms. The van der Waals surface area contributed by atoms with Gasteiger partial charge in [0.05, 0.1) is 19.9 Å². The number of hydrogen-bond acceptors (Lipinski definition) is 3. The van der Waals surface area contributed by atoms with Gasteiger partial charge < -0.3 is 14.4 Å². The van der Waals surface area contributed by atoms with Gasteiger partial charge in [-0.3, -0.25) is 0 Å². The molecule has 3 rings (SSSR count). The van der Waals surface area contributed by atoms with E-state index in [1.807, 2.05) is 12.1 Å². The fourth-order valence-corrected chi connectivity index (χ4v) is 2.91. The van der Waals surface area contributed by atoms with Gasteiger partial charge >= 0.3 is 0 Å². The monoisotopic (exact) mass is 283 g/mol. The van der Waals surface area contributed by atoms with Crippen molar-refractivity contribution in [3.8, 4) is 11.5 Å². The molecule has 0 bridgehead atoms. The Bertz CT molecular complexity index is 648. The number of hydrogen-bond donors (Lipinski definition) is 0. The Kier molecular flexibility index (Phi) is 3.50. The number of rotatable bonds is 3. The molecule has 1 heterocycles. The Hall–Kier alpha value is -2.16. The summed E-state index contributed by atoms with van der Waals surface area (Å²) in [5.74, 6) is 1.68. The highest BCUT2D eigenvalue weighted by molar-refractivity contribution is 5.63. The summed E-state index contributed by atoms with van der Waals surface area (Å²) in [5.41, 5.74) is 6.66. The third-order valence-electron chi connectivity index (χ3n) is 4.27. The molecule has 0 saturated carbocycles. The number of ether oxygens (including phenoxy) is 2. The molecule has 0 radical (unpaired) electrons. The smallest absolute Gasteiger partial charge is 0.145 e. The van der Waals surface area contributed by atoms with Gasteiger partial charge in [-0.1, -0.05) is 12.1 Å². The van der Waals surface area contributed by atoms with Crippen LogP contribution < -0.4 is 14.4 Å². The van der Waals surface area contributed by atoms with Gasteiger partial charge in [-0.25, -0.2) is 0 Å². The van der Waals surface area contributed by atoms with Crippen LogP contribution in [0.25, 0.3) is 0 Å². The van der Waals surface area contributed by atoms with Crippen LogP contribution in [0.5, 0.6) is 11.5 Å². The summed E-state index contributed by atoms with van der Waals surface area (Å²) in [6.45, 7) is 6.21. The van der Waals surface area contributed by atoms with Gasteiger partial charge in [-0.15, -0.1) is 0 Å². The van der Waals surface area contributed by atoms with Crippen molar-refractivity contribution in [2.45, 2.75) is 26.9 Å². The minimum atomic E-state index is 0.819. The van der Waals surface area contributed by atoms with E-state index in [9.17, 15) is 0 Å². The van der Waals surface area contributed by atoms with Crippen LogP contribution in [0.1, 0.15) is 22.3 Å². The van der Waals surface area contributed by atoms with Gasteiger partial charge in [-0.05, 0) is 48.2 Å². The number of fused-ring (bicyclic) bond motifs is 1. The molecule has 3 heteroatoms. The molecule has 21 heavy (non-hydrogen) atoms. The molecular weight excluding hydrogens is 262 g/mol. The first kappa shape index (κ1) is 13.8. The lowest BCUT2D eigenvalue weighted by Crippen LogP contribution is -2.15. The SMILES string of the molecule is COc1ccc(N2Cc3cc(C)c(C)cc3C2)c(OC)c1. The van der Waals surface area contributed by atoms with Crippen LogP contribution in [0.3, 0.4) is 0 Å². The zero-order valence-corrected chi connectivity index (χ0v) is 13.1. The molecule has 0 saturated heterocycles. The molecule has 3 nitrogen and oxygen atoms in total. The lowest BCUT2D eigenvalue weighted by atomic mass is 10.0. The Morgan fingerprint density at radius 1 is 0.857 bits per heavy atom.